The Morgan fingerprint density at radius 1 is 1.16 bits per heavy atom. The van der Waals surface area contributed by atoms with Gasteiger partial charge in [0.2, 0.25) is 0 Å². The van der Waals surface area contributed by atoms with Gasteiger partial charge in [0.1, 0.15) is 0 Å². The van der Waals surface area contributed by atoms with Gasteiger partial charge >= 0.3 is 0 Å². The molecule has 1 saturated heterocycles. The highest BCUT2D eigenvalue weighted by Crippen LogP contribution is 2.33. The van der Waals surface area contributed by atoms with Crippen molar-refractivity contribution in [2.24, 2.45) is 17.8 Å². The monoisotopic (exact) mass is 267 g/mol. The molecular formula is C17H33NO. The lowest BCUT2D eigenvalue weighted by Crippen LogP contribution is -2.43. The third-order valence-electron chi connectivity index (χ3n) is 5.17. The number of rotatable bonds is 5. The van der Waals surface area contributed by atoms with Gasteiger partial charge in [-0.25, -0.2) is 0 Å². The van der Waals surface area contributed by atoms with Crippen LogP contribution in [-0.4, -0.2) is 25.3 Å². The van der Waals surface area contributed by atoms with Crippen molar-refractivity contribution in [1.29, 1.82) is 0 Å². The second-order valence-corrected chi connectivity index (χ2v) is 7.16. The van der Waals surface area contributed by atoms with Gasteiger partial charge in [-0.2, -0.15) is 0 Å². The second kappa shape index (κ2) is 7.64. The van der Waals surface area contributed by atoms with E-state index in [1.54, 1.807) is 0 Å². The summed E-state index contributed by atoms with van der Waals surface area (Å²) in [6.07, 6.45) is 9.84. The number of ether oxygens (including phenoxy) is 1. The van der Waals surface area contributed by atoms with Gasteiger partial charge in [-0.05, 0) is 62.8 Å². The summed E-state index contributed by atoms with van der Waals surface area (Å²) < 4.78 is 5.82. The summed E-state index contributed by atoms with van der Waals surface area (Å²) in [6, 6.07) is 0.743. The average Bonchev–Trinajstić information content (AvgIpc) is 2.39. The van der Waals surface area contributed by atoms with Crippen LogP contribution < -0.4 is 5.32 Å². The summed E-state index contributed by atoms with van der Waals surface area (Å²) in [5, 5.41) is 3.85. The predicted molar refractivity (Wildman–Crippen MR) is 81.3 cm³/mol. The van der Waals surface area contributed by atoms with Gasteiger partial charge < -0.3 is 10.1 Å². The highest BCUT2D eigenvalue weighted by atomic mass is 16.5. The van der Waals surface area contributed by atoms with Crippen molar-refractivity contribution in [3.63, 3.8) is 0 Å². The minimum absolute atomic E-state index is 0.528. The summed E-state index contributed by atoms with van der Waals surface area (Å²) >= 11 is 0. The Hall–Kier alpha value is -0.0800. The van der Waals surface area contributed by atoms with E-state index in [4.69, 9.17) is 4.74 Å². The van der Waals surface area contributed by atoms with Crippen LogP contribution >= 0.6 is 0 Å². The Labute approximate surface area is 119 Å². The fraction of sp³-hybridized carbons (Fsp3) is 1.00. The van der Waals surface area contributed by atoms with Crippen LogP contribution in [0.5, 0.6) is 0 Å². The quantitative estimate of drug-likeness (QED) is 0.813. The van der Waals surface area contributed by atoms with Crippen LogP contribution in [-0.2, 0) is 4.74 Å². The molecule has 1 saturated carbocycles. The molecule has 4 atom stereocenters. The highest BCUT2D eigenvalue weighted by molar-refractivity contribution is 4.85. The van der Waals surface area contributed by atoms with Gasteiger partial charge in [0.15, 0.2) is 0 Å². The van der Waals surface area contributed by atoms with Crippen LogP contribution in [0.1, 0.15) is 65.7 Å². The van der Waals surface area contributed by atoms with Crippen LogP contribution in [0.2, 0.25) is 0 Å². The molecule has 0 aromatic heterocycles. The normalized spacial score (nSPS) is 36.6. The summed E-state index contributed by atoms with van der Waals surface area (Å²) in [5.74, 6) is 2.60. The van der Waals surface area contributed by atoms with E-state index in [0.29, 0.717) is 6.10 Å². The lowest BCUT2D eigenvalue weighted by molar-refractivity contribution is 0.0102. The summed E-state index contributed by atoms with van der Waals surface area (Å²) in [5.41, 5.74) is 0. The van der Waals surface area contributed by atoms with Crippen LogP contribution in [0, 0.1) is 17.8 Å². The first-order valence-electron chi connectivity index (χ1n) is 8.51. The van der Waals surface area contributed by atoms with E-state index in [-0.39, 0.29) is 0 Å². The van der Waals surface area contributed by atoms with Crippen molar-refractivity contribution in [3.8, 4) is 0 Å². The Balaban J connectivity index is 1.72. The zero-order valence-electron chi connectivity index (χ0n) is 13.2. The largest absolute Gasteiger partial charge is 0.378 e. The molecule has 0 bridgehead atoms. The van der Waals surface area contributed by atoms with E-state index >= 15 is 0 Å². The number of nitrogens with one attached hydrogen (secondary N) is 1. The molecular weight excluding hydrogens is 234 g/mol. The van der Waals surface area contributed by atoms with Crippen LogP contribution in [0.15, 0.2) is 0 Å². The topological polar surface area (TPSA) is 21.3 Å². The van der Waals surface area contributed by atoms with Gasteiger partial charge in [0.05, 0.1) is 6.10 Å². The van der Waals surface area contributed by atoms with Crippen LogP contribution in [0.4, 0.5) is 0 Å². The van der Waals surface area contributed by atoms with Crippen molar-refractivity contribution >= 4 is 0 Å². The van der Waals surface area contributed by atoms with Gasteiger partial charge in [-0.15, -0.1) is 0 Å². The Kier molecular flexibility index (Phi) is 6.15. The molecule has 2 rings (SSSR count). The van der Waals surface area contributed by atoms with Crippen molar-refractivity contribution in [1.82, 2.24) is 5.32 Å². The lowest BCUT2D eigenvalue weighted by Gasteiger charge is -2.38. The minimum atomic E-state index is 0.528. The maximum Gasteiger partial charge on any atom is 0.0587 e. The second-order valence-electron chi connectivity index (χ2n) is 7.16. The first-order valence-corrected chi connectivity index (χ1v) is 8.51. The third-order valence-corrected chi connectivity index (χ3v) is 5.17. The molecule has 0 aromatic rings. The van der Waals surface area contributed by atoms with Gasteiger partial charge in [-0.1, -0.05) is 27.2 Å². The van der Waals surface area contributed by atoms with Crippen molar-refractivity contribution in [2.75, 3.05) is 13.2 Å². The van der Waals surface area contributed by atoms with Gasteiger partial charge in [-0.3, -0.25) is 0 Å². The maximum atomic E-state index is 5.82. The zero-order valence-corrected chi connectivity index (χ0v) is 13.2. The van der Waals surface area contributed by atoms with E-state index in [2.05, 4.69) is 26.1 Å². The van der Waals surface area contributed by atoms with Gasteiger partial charge in [0.25, 0.3) is 0 Å². The third kappa shape index (κ3) is 4.75. The first-order chi connectivity index (χ1) is 9.16. The van der Waals surface area contributed by atoms with Crippen LogP contribution in [0.25, 0.3) is 0 Å². The van der Waals surface area contributed by atoms with Crippen LogP contribution in [0.3, 0.4) is 0 Å². The zero-order chi connectivity index (χ0) is 13.7. The summed E-state index contributed by atoms with van der Waals surface area (Å²) in [6.45, 7) is 9.32. The smallest absolute Gasteiger partial charge is 0.0587 e. The van der Waals surface area contributed by atoms with E-state index in [1.807, 2.05) is 0 Å². The van der Waals surface area contributed by atoms with Crippen molar-refractivity contribution < 1.29 is 4.74 Å². The Bertz CT molecular complexity index is 248. The Morgan fingerprint density at radius 3 is 2.68 bits per heavy atom. The molecule has 4 unspecified atom stereocenters. The molecule has 2 aliphatic rings. The van der Waals surface area contributed by atoms with E-state index in [0.717, 1.165) is 36.9 Å². The Morgan fingerprint density at radius 2 is 2.00 bits per heavy atom. The van der Waals surface area contributed by atoms with Crippen molar-refractivity contribution in [2.45, 2.75) is 77.9 Å². The molecule has 1 heterocycles. The molecule has 0 spiro atoms. The summed E-state index contributed by atoms with van der Waals surface area (Å²) in [7, 11) is 0. The molecule has 1 aliphatic carbocycles. The number of hydrogen-bond acceptors (Lipinski definition) is 2. The maximum absolute atomic E-state index is 5.82. The molecule has 0 radical (unpaired) electrons. The van der Waals surface area contributed by atoms with Crippen molar-refractivity contribution in [3.05, 3.63) is 0 Å². The molecule has 0 amide bonds. The standard InChI is InChI=1S/C17H33NO/c1-13(2)16-8-7-14(3)12-17(16)18-10-9-15-6-4-5-11-19-15/h13-18H,4-12H2,1-3H3. The molecule has 1 aliphatic heterocycles. The first kappa shape index (κ1) is 15.3. The fourth-order valence-corrected chi connectivity index (χ4v) is 3.90. The number of hydrogen-bond donors (Lipinski definition) is 1. The SMILES string of the molecule is CC1CCC(C(C)C)C(NCCC2CCCCO2)C1. The average molecular weight is 267 g/mol. The molecule has 2 fully saturated rings. The minimum Gasteiger partial charge on any atom is -0.378 e. The fourth-order valence-electron chi connectivity index (χ4n) is 3.90. The molecule has 2 nitrogen and oxygen atoms in total. The molecule has 19 heavy (non-hydrogen) atoms. The van der Waals surface area contributed by atoms with Gasteiger partial charge in [0, 0.05) is 12.6 Å². The molecule has 1 N–H and O–H groups in total. The van der Waals surface area contributed by atoms with E-state index in [1.165, 1.54) is 44.9 Å². The lowest BCUT2D eigenvalue weighted by atomic mass is 9.74. The molecule has 0 aromatic carbocycles. The highest BCUT2D eigenvalue weighted by Gasteiger charge is 2.30. The summed E-state index contributed by atoms with van der Waals surface area (Å²) in [4.78, 5) is 0. The predicted octanol–water partition coefficient (Wildman–Crippen LogP) is 4.00. The molecule has 2 heteroatoms. The van der Waals surface area contributed by atoms with E-state index < -0.39 is 0 Å². The van der Waals surface area contributed by atoms with E-state index in [9.17, 15) is 0 Å². The molecule has 112 valence electrons.